The van der Waals surface area contributed by atoms with Gasteiger partial charge in [-0.1, -0.05) is 30.4 Å². The average molecular weight is 306 g/mol. The first-order valence-electron chi connectivity index (χ1n) is 6.10. The fraction of sp³-hybridized carbons (Fsp3) is 0.0667. The number of para-hydroxylation sites is 1. The fourth-order valence-electron chi connectivity index (χ4n) is 2.08. The summed E-state index contributed by atoms with van der Waals surface area (Å²) in [6, 6.07) is 11.1. The van der Waals surface area contributed by atoms with E-state index < -0.39 is 11.7 Å². The third kappa shape index (κ3) is 2.80. The quantitative estimate of drug-likeness (QED) is 0.642. The van der Waals surface area contributed by atoms with Crippen molar-refractivity contribution in [3.63, 3.8) is 0 Å². The summed E-state index contributed by atoms with van der Waals surface area (Å²) in [4.78, 5) is 7.02. The van der Waals surface area contributed by atoms with Crippen LogP contribution < -0.4 is 0 Å². The Labute approximate surface area is 123 Å². The zero-order valence-electron chi connectivity index (χ0n) is 10.6. The SMILES string of the molecule is FC(F)(F)c1cc(-c2cnc3ccccc3c2)[nH]c(=S)c1. The molecule has 6 heteroatoms. The van der Waals surface area contributed by atoms with Gasteiger partial charge >= 0.3 is 6.18 Å². The summed E-state index contributed by atoms with van der Waals surface area (Å²) in [5.41, 5.74) is 0.875. The Balaban J connectivity index is 2.18. The lowest BCUT2D eigenvalue weighted by Gasteiger charge is -2.09. The minimum absolute atomic E-state index is 0.0352. The number of H-pyrrole nitrogens is 1. The number of halogens is 3. The molecule has 1 N–H and O–H groups in total. The summed E-state index contributed by atoms with van der Waals surface area (Å²) < 4.78 is 38.6. The van der Waals surface area contributed by atoms with Crippen LogP contribution in [0.15, 0.2) is 48.7 Å². The molecule has 0 saturated carbocycles. The second-order valence-electron chi connectivity index (χ2n) is 4.56. The van der Waals surface area contributed by atoms with Gasteiger partial charge in [-0.2, -0.15) is 13.2 Å². The van der Waals surface area contributed by atoms with Crippen molar-refractivity contribution in [3.8, 4) is 11.3 Å². The zero-order valence-corrected chi connectivity index (χ0v) is 11.4. The average Bonchev–Trinajstić information content (AvgIpc) is 2.45. The highest BCUT2D eigenvalue weighted by atomic mass is 32.1. The lowest BCUT2D eigenvalue weighted by Crippen LogP contribution is -2.05. The zero-order chi connectivity index (χ0) is 15.0. The molecule has 3 aromatic rings. The topological polar surface area (TPSA) is 28.7 Å². The summed E-state index contributed by atoms with van der Waals surface area (Å²) in [7, 11) is 0. The van der Waals surface area contributed by atoms with Gasteiger partial charge in [-0.15, -0.1) is 0 Å². The molecule has 0 unspecified atom stereocenters. The van der Waals surface area contributed by atoms with Gasteiger partial charge in [-0.25, -0.2) is 0 Å². The van der Waals surface area contributed by atoms with Crippen molar-refractivity contribution < 1.29 is 13.2 Å². The van der Waals surface area contributed by atoms with Crippen molar-refractivity contribution in [2.24, 2.45) is 0 Å². The first kappa shape index (κ1) is 13.8. The van der Waals surface area contributed by atoms with E-state index in [1.54, 1.807) is 6.07 Å². The highest BCUT2D eigenvalue weighted by molar-refractivity contribution is 7.71. The molecule has 1 aromatic carbocycles. The van der Waals surface area contributed by atoms with Crippen LogP contribution in [0.4, 0.5) is 13.2 Å². The molecule has 0 aliphatic carbocycles. The minimum atomic E-state index is -4.43. The molecule has 0 aliphatic rings. The molecule has 0 radical (unpaired) electrons. The summed E-state index contributed by atoms with van der Waals surface area (Å²) in [5.74, 6) is 0. The van der Waals surface area contributed by atoms with Gasteiger partial charge in [0.05, 0.1) is 11.1 Å². The summed E-state index contributed by atoms with van der Waals surface area (Å²) in [6.07, 6.45) is -2.90. The highest BCUT2D eigenvalue weighted by Crippen LogP contribution is 2.31. The fourth-order valence-corrected chi connectivity index (χ4v) is 2.32. The van der Waals surface area contributed by atoms with Crippen LogP contribution in [0.1, 0.15) is 5.56 Å². The van der Waals surface area contributed by atoms with E-state index in [1.807, 2.05) is 24.3 Å². The maximum absolute atomic E-state index is 12.8. The van der Waals surface area contributed by atoms with Gasteiger partial charge in [-0.3, -0.25) is 4.98 Å². The number of nitrogens with zero attached hydrogens (tertiary/aromatic N) is 1. The van der Waals surface area contributed by atoms with Crippen molar-refractivity contribution >= 4 is 23.1 Å². The number of nitrogens with one attached hydrogen (secondary N) is 1. The van der Waals surface area contributed by atoms with Gasteiger partial charge in [0.15, 0.2) is 0 Å². The molecular weight excluding hydrogens is 297 g/mol. The summed E-state index contributed by atoms with van der Waals surface area (Å²) in [5, 5.41) is 0.853. The molecule has 2 heterocycles. The molecule has 3 rings (SSSR count). The molecule has 106 valence electrons. The van der Waals surface area contributed by atoms with Crippen LogP contribution in [0.5, 0.6) is 0 Å². The van der Waals surface area contributed by atoms with E-state index in [-0.39, 0.29) is 4.64 Å². The molecule has 0 spiro atoms. The second-order valence-corrected chi connectivity index (χ2v) is 5.00. The maximum atomic E-state index is 12.8. The van der Waals surface area contributed by atoms with Crippen LogP contribution in [0.2, 0.25) is 0 Å². The van der Waals surface area contributed by atoms with E-state index in [2.05, 4.69) is 9.97 Å². The number of rotatable bonds is 1. The number of benzene rings is 1. The predicted molar refractivity (Wildman–Crippen MR) is 77.4 cm³/mol. The molecule has 0 fully saturated rings. The Morgan fingerprint density at radius 2 is 1.81 bits per heavy atom. The van der Waals surface area contributed by atoms with E-state index in [4.69, 9.17) is 12.2 Å². The van der Waals surface area contributed by atoms with Gasteiger partial charge in [0.2, 0.25) is 0 Å². The Kier molecular flexibility index (Phi) is 3.25. The molecule has 0 atom stereocenters. The standard InChI is InChI=1S/C15H9F3N2S/c16-15(17,18)11-6-13(20-14(21)7-11)10-5-9-3-1-2-4-12(9)19-8-10/h1-8H,(H,20,21). The van der Waals surface area contributed by atoms with Crippen LogP contribution in [-0.4, -0.2) is 9.97 Å². The van der Waals surface area contributed by atoms with Crippen molar-refractivity contribution in [2.45, 2.75) is 6.18 Å². The van der Waals surface area contributed by atoms with E-state index in [1.165, 1.54) is 6.20 Å². The largest absolute Gasteiger partial charge is 0.416 e. The normalized spacial score (nSPS) is 11.8. The number of aromatic nitrogens is 2. The number of alkyl halides is 3. The van der Waals surface area contributed by atoms with Crippen molar-refractivity contribution in [2.75, 3.05) is 0 Å². The lowest BCUT2D eigenvalue weighted by molar-refractivity contribution is -0.137. The van der Waals surface area contributed by atoms with E-state index in [9.17, 15) is 13.2 Å². The maximum Gasteiger partial charge on any atom is 0.416 e. The van der Waals surface area contributed by atoms with Crippen LogP contribution in [0.3, 0.4) is 0 Å². The Bertz CT molecular complexity index is 868. The van der Waals surface area contributed by atoms with Crippen LogP contribution in [0.25, 0.3) is 22.2 Å². The Morgan fingerprint density at radius 3 is 2.57 bits per heavy atom. The van der Waals surface area contributed by atoms with E-state index in [0.29, 0.717) is 11.3 Å². The van der Waals surface area contributed by atoms with Gasteiger partial charge in [0.25, 0.3) is 0 Å². The predicted octanol–water partition coefficient (Wildman–Crippen LogP) is 4.98. The summed E-state index contributed by atoms with van der Waals surface area (Å²) in [6.45, 7) is 0. The van der Waals surface area contributed by atoms with Crippen LogP contribution in [0, 0.1) is 4.64 Å². The van der Waals surface area contributed by atoms with Gasteiger partial charge < -0.3 is 4.98 Å². The first-order valence-corrected chi connectivity index (χ1v) is 6.51. The minimum Gasteiger partial charge on any atom is -0.346 e. The van der Waals surface area contributed by atoms with E-state index in [0.717, 1.165) is 23.0 Å². The lowest BCUT2D eigenvalue weighted by atomic mass is 10.1. The van der Waals surface area contributed by atoms with Crippen molar-refractivity contribution in [1.29, 1.82) is 0 Å². The second kappa shape index (κ2) is 4.96. The number of hydrogen-bond acceptors (Lipinski definition) is 2. The van der Waals surface area contributed by atoms with Crippen molar-refractivity contribution in [3.05, 3.63) is 58.9 Å². The Hall–Kier alpha value is -2.21. The van der Waals surface area contributed by atoms with Gasteiger partial charge in [0.1, 0.15) is 4.64 Å². The number of pyridine rings is 2. The molecule has 0 aliphatic heterocycles. The molecule has 0 saturated heterocycles. The molecule has 0 bridgehead atoms. The van der Waals surface area contributed by atoms with Gasteiger partial charge in [0, 0.05) is 22.8 Å². The molecule has 0 amide bonds. The summed E-state index contributed by atoms with van der Waals surface area (Å²) >= 11 is 4.88. The molecule has 2 aromatic heterocycles. The molecular formula is C15H9F3N2S. The number of aromatic amines is 1. The number of fused-ring (bicyclic) bond motifs is 1. The van der Waals surface area contributed by atoms with Crippen molar-refractivity contribution in [1.82, 2.24) is 9.97 Å². The number of hydrogen-bond donors (Lipinski definition) is 1. The van der Waals surface area contributed by atoms with Gasteiger partial charge in [-0.05, 0) is 24.3 Å². The van der Waals surface area contributed by atoms with E-state index >= 15 is 0 Å². The third-order valence-electron chi connectivity index (χ3n) is 3.07. The van der Waals surface area contributed by atoms with Crippen LogP contribution >= 0.6 is 12.2 Å². The van der Waals surface area contributed by atoms with Crippen LogP contribution in [-0.2, 0) is 6.18 Å². The highest BCUT2D eigenvalue weighted by Gasteiger charge is 2.31. The Morgan fingerprint density at radius 1 is 1.05 bits per heavy atom. The smallest absolute Gasteiger partial charge is 0.346 e. The molecule has 2 nitrogen and oxygen atoms in total. The first-order chi connectivity index (χ1) is 9.93. The molecule has 21 heavy (non-hydrogen) atoms. The third-order valence-corrected chi connectivity index (χ3v) is 3.29. The monoisotopic (exact) mass is 306 g/mol.